The molecule has 0 atom stereocenters. The van der Waals surface area contributed by atoms with Gasteiger partial charge in [-0.25, -0.2) is 0 Å². The molecule has 0 bridgehead atoms. The highest BCUT2D eigenvalue weighted by Gasteiger charge is 2.09. The Labute approximate surface area is 92.9 Å². The van der Waals surface area contributed by atoms with E-state index in [4.69, 9.17) is 5.73 Å². The second kappa shape index (κ2) is 4.14. The summed E-state index contributed by atoms with van der Waals surface area (Å²) in [7, 11) is 0. The number of amides is 1. The van der Waals surface area contributed by atoms with E-state index in [9.17, 15) is 9.59 Å². The molecular weight excluding hydrogens is 202 g/mol. The van der Waals surface area contributed by atoms with E-state index in [0.717, 1.165) is 17.1 Å². The van der Waals surface area contributed by atoms with Crippen LogP contribution in [0.2, 0.25) is 0 Å². The topological polar surface area (TPSA) is 60.2 Å². The number of rotatable bonds is 3. The van der Waals surface area contributed by atoms with Gasteiger partial charge in [0.1, 0.15) is 6.29 Å². The summed E-state index contributed by atoms with van der Waals surface area (Å²) in [6, 6.07) is 11.2. The molecule has 3 nitrogen and oxygen atoms in total. The molecule has 0 fully saturated rings. The number of carbonyl (C=O) groups is 2. The number of carbonyl (C=O) groups excluding carboxylic acids is 2. The van der Waals surface area contributed by atoms with Crippen LogP contribution in [-0.4, -0.2) is 12.2 Å². The van der Waals surface area contributed by atoms with E-state index in [1.165, 1.54) is 0 Å². The van der Waals surface area contributed by atoms with Crippen molar-refractivity contribution >= 4 is 23.0 Å². The maximum Gasteiger partial charge on any atom is 0.221 e. The maximum atomic E-state index is 11.0. The molecule has 16 heavy (non-hydrogen) atoms. The number of aldehydes is 1. The normalized spacial score (nSPS) is 10.2. The molecule has 0 aliphatic heterocycles. The minimum atomic E-state index is -0.431. The second-order valence-corrected chi connectivity index (χ2v) is 3.62. The third kappa shape index (κ3) is 1.80. The van der Waals surface area contributed by atoms with Crippen molar-refractivity contribution in [1.82, 2.24) is 0 Å². The SMILES string of the molecule is NC(=O)Cc1c(C=O)ccc2ccccc12. The van der Waals surface area contributed by atoms with Gasteiger partial charge in [0.15, 0.2) is 0 Å². The van der Waals surface area contributed by atoms with Gasteiger partial charge in [0.25, 0.3) is 0 Å². The zero-order valence-electron chi connectivity index (χ0n) is 8.64. The van der Waals surface area contributed by atoms with Gasteiger partial charge in [-0.15, -0.1) is 0 Å². The monoisotopic (exact) mass is 213 g/mol. The first-order chi connectivity index (χ1) is 7.72. The zero-order valence-corrected chi connectivity index (χ0v) is 8.64. The summed E-state index contributed by atoms with van der Waals surface area (Å²) in [6.45, 7) is 0. The number of primary amides is 1. The lowest BCUT2D eigenvalue weighted by atomic mass is 9.97. The Morgan fingerprint density at radius 1 is 1.19 bits per heavy atom. The van der Waals surface area contributed by atoms with Crippen LogP contribution >= 0.6 is 0 Å². The lowest BCUT2D eigenvalue weighted by Gasteiger charge is -2.07. The quantitative estimate of drug-likeness (QED) is 0.788. The van der Waals surface area contributed by atoms with Gasteiger partial charge in [0.2, 0.25) is 5.91 Å². The lowest BCUT2D eigenvalue weighted by Crippen LogP contribution is -2.15. The fourth-order valence-electron chi connectivity index (χ4n) is 1.83. The molecule has 0 aliphatic carbocycles. The van der Waals surface area contributed by atoms with Gasteiger partial charge in [0.05, 0.1) is 6.42 Å². The second-order valence-electron chi connectivity index (χ2n) is 3.62. The van der Waals surface area contributed by atoms with Crippen molar-refractivity contribution < 1.29 is 9.59 Å². The predicted molar refractivity (Wildman–Crippen MR) is 62.2 cm³/mol. The summed E-state index contributed by atoms with van der Waals surface area (Å²) < 4.78 is 0. The highest BCUT2D eigenvalue weighted by molar-refractivity contribution is 5.96. The molecule has 0 heterocycles. The van der Waals surface area contributed by atoms with Crippen LogP contribution in [0.4, 0.5) is 0 Å². The molecular formula is C13H11NO2. The molecule has 0 saturated carbocycles. The Balaban J connectivity index is 2.72. The molecule has 0 saturated heterocycles. The van der Waals surface area contributed by atoms with Gasteiger partial charge < -0.3 is 5.73 Å². The molecule has 3 heteroatoms. The predicted octanol–water partition coefficient (Wildman–Crippen LogP) is 1.68. The highest BCUT2D eigenvalue weighted by atomic mass is 16.1. The molecule has 0 spiro atoms. The fraction of sp³-hybridized carbons (Fsp3) is 0.0769. The van der Waals surface area contributed by atoms with Gasteiger partial charge >= 0.3 is 0 Å². The molecule has 2 N–H and O–H groups in total. The van der Waals surface area contributed by atoms with E-state index in [2.05, 4.69) is 0 Å². The number of nitrogens with two attached hydrogens (primary N) is 1. The van der Waals surface area contributed by atoms with Crippen molar-refractivity contribution in [2.45, 2.75) is 6.42 Å². The van der Waals surface area contributed by atoms with Crippen molar-refractivity contribution in [3.63, 3.8) is 0 Å². The molecule has 2 aromatic rings. The first-order valence-corrected chi connectivity index (χ1v) is 4.96. The Morgan fingerprint density at radius 2 is 1.94 bits per heavy atom. The maximum absolute atomic E-state index is 11.0. The summed E-state index contributed by atoms with van der Waals surface area (Å²) in [5, 5.41) is 1.91. The van der Waals surface area contributed by atoms with Crippen LogP contribution in [0.5, 0.6) is 0 Å². The Hall–Kier alpha value is -2.16. The lowest BCUT2D eigenvalue weighted by molar-refractivity contribution is -0.117. The van der Waals surface area contributed by atoms with Crippen LogP contribution in [0.3, 0.4) is 0 Å². The van der Waals surface area contributed by atoms with Crippen LogP contribution in [0.1, 0.15) is 15.9 Å². The molecule has 2 aromatic carbocycles. The van der Waals surface area contributed by atoms with Crippen LogP contribution in [0.15, 0.2) is 36.4 Å². The number of benzene rings is 2. The fourth-order valence-corrected chi connectivity index (χ4v) is 1.83. The number of hydrogen-bond acceptors (Lipinski definition) is 2. The average Bonchev–Trinajstić information content (AvgIpc) is 2.29. The summed E-state index contributed by atoms with van der Waals surface area (Å²) >= 11 is 0. The molecule has 2 rings (SSSR count). The van der Waals surface area contributed by atoms with Gasteiger partial charge in [-0.1, -0.05) is 36.4 Å². The number of hydrogen-bond donors (Lipinski definition) is 1. The van der Waals surface area contributed by atoms with Gasteiger partial charge in [-0.3, -0.25) is 9.59 Å². The number of fused-ring (bicyclic) bond motifs is 1. The Morgan fingerprint density at radius 3 is 2.62 bits per heavy atom. The summed E-state index contributed by atoms with van der Waals surface area (Å²) in [4.78, 5) is 21.9. The van der Waals surface area contributed by atoms with E-state index in [1.54, 1.807) is 6.07 Å². The summed E-state index contributed by atoms with van der Waals surface area (Å²) in [6.07, 6.45) is 0.847. The first kappa shape index (κ1) is 10.4. The zero-order chi connectivity index (χ0) is 11.5. The van der Waals surface area contributed by atoms with Crippen molar-refractivity contribution in [2.24, 2.45) is 5.73 Å². The molecule has 0 aromatic heterocycles. The molecule has 0 radical (unpaired) electrons. The summed E-state index contributed by atoms with van der Waals surface area (Å²) in [5.41, 5.74) is 6.42. The molecule has 80 valence electrons. The standard InChI is InChI=1S/C13H11NO2/c14-13(16)7-12-10(8-15)6-5-9-3-1-2-4-11(9)12/h1-6,8H,7H2,(H2,14,16). The van der Waals surface area contributed by atoms with Crippen LogP contribution in [0, 0.1) is 0 Å². The molecule has 0 unspecified atom stereocenters. The van der Waals surface area contributed by atoms with E-state index in [0.29, 0.717) is 11.1 Å². The molecule has 1 amide bonds. The van der Waals surface area contributed by atoms with Crippen molar-refractivity contribution in [1.29, 1.82) is 0 Å². The smallest absolute Gasteiger partial charge is 0.221 e. The van der Waals surface area contributed by atoms with Crippen molar-refractivity contribution in [3.8, 4) is 0 Å². The highest BCUT2D eigenvalue weighted by Crippen LogP contribution is 2.22. The van der Waals surface area contributed by atoms with Crippen LogP contribution in [-0.2, 0) is 11.2 Å². The van der Waals surface area contributed by atoms with Crippen LogP contribution < -0.4 is 5.73 Å². The van der Waals surface area contributed by atoms with Gasteiger partial charge in [0, 0.05) is 5.56 Å². The first-order valence-electron chi connectivity index (χ1n) is 4.96. The third-order valence-electron chi connectivity index (χ3n) is 2.55. The minimum Gasteiger partial charge on any atom is -0.369 e. The van der Waals surface area contributed by atoms with E-state index in [1.807, 2.05) is 30.3 Å². The van der Waals surface area contributed by atoms with Gasteiger partial charge in [-0.05, 0) is 16.3 Å². The van der Waals surface area contributed by atoms with Gasteiger partial charge in [-0.2, -0.15) is 0 Å². The van der Waals surface area contributed by atoms with Crippen molar-refractivity contribution in [2.75, 3.05) is 0 Å². The summed E-state index contributed by atoms with van der Waals surface area (Å²) in [5.74, 6) is -0.431. The molecule has 0 aliphatic rings. The minimum absolute atomic E-state index is 0.0927. The average molecular weight is 213 g/mol. The van der Waals surface area contributed by atoms with E-state index in [-0.39, 0.29) is 6.42 Å². The third-order valence-corrected chi connectivity index (χ3v) is 2.55. The van der Waals surface area contributed by atoms with E-state index < -0.39 is 5.91 Å². The van der Waals surface area contributed by atoms with Crippen molar-refractivity contribution in [3.05, 3.63) is 47.5 Å². The van der Waals surface area contributed by atoms with E-state index >= 15 is 0 Å². The Kier molecular flexibility index (Phi) is 2.68. The van der Waals surface area contributed by atoms with Crippen LogP contribution in [0.25, 0.3) is 10.8 Å². The Bertz CT molecular complexity index is 561. The largest absolute Gasteiger partial charge is 0.369 e.